The summed E-state index contributed by atoms with van der Waals surface area (Å²) < 4.78 is 46.4. The normalized spacial score (nSPS) is 25.8. The maximum atomic E-state index is 13.9. The molecule has 5 rings (SSSR count). The Kier molecular flexibility index (Phi) is 10.2. The van der Waals surface area contributed by atoms with Crippen LogP contribution in [0.3, 0.4) is 0 Å². The molecule has 6 atom stereocenters. The second-order valence-corrected chi connectivity index (χ2v) is 15.9. The number of hydrogen-bond donors (Lipinski definition) is 3. The summed E-state index contributed by atoms with van der Waals surface area (Å²) in [6.07, 6.45) is 0.977. The van der Waals surface area contributed by atoms with Gasteiger partial charge in [0.2, 0.25) is 0 Å². The zero-order valence-corrected chi connectivity index (χ0v) is 26.0. The molecule has 2 saturated heterocycles. The summed E-state index contributed by atoms with van der Waals surface area (Å²) in [6, 6.07) is 13.8. The Labute approximate surface area is 251 Å². The Morgan fingerprint density at radius 2 is 1.98 bits per heavy atom. The number of hydrogen-bond acceptors (Lipinski definition) is 8. The second kappa shape index (κ2) is 13.7. The van der Waals surface area contributed by atoms with Crippen molar-refractivity contribution < 1.29 is 58.8 Å². The molecule has 226 valence electrons. The second-order valence-electron chi connectivity index (χ2n) is 10.8. The monoisotopic (exact) mass is 701 g/mol. The Bertz CT molecular complexity index is 1280. The van der Waals surface area contributed by atoms with E-state index in [0.29, 0.717) is 30.9 Å². The van der Waals surface area contributed by atoms with Crippen LogP contribution in [0.25, 0.3) is 0 Å². The fourth-order valence-corrected chi connectivity index (χ4v) is 10.1. The number of aliphatic hydroxyl groups excluding tert-OH is 2. The molecule has 0 spiro atoms. The van der Waals surface area contributed by atoms with Gasteiger partial charge >= 0.3 is 253 Å². The van der Waals surface area contributed by atoms with Gasteiger partial charge in [0.25, 0.3) is 0 Å². The number of aliphatic hydroxyl groups is 2. The summed E-state index contributed by atoms with van der Waals surface area (Å²) in [5, 5.41) is 24.2. The number of benzene rings is 2. The van der Waals surface area contributed by atoms with Gasteiger partial charge in [-0.3, -0.25) is 0 Å². The number of halogens is 1. The molecule has 3 fully saturated rings. The molecule has 2 aromatic carbocycles. The number of nitrogens with one attached hydrogen (secondary N) is 1. The molecule has 3 N–H and O–H groups in total. The SMILES string of the molecule is Cc1ccc(S(=O)(=O)N(C[C@@H](O)[C@@H](NC(=O)O[C@@H]2CC3CCO[C@@H]3C2)[I-]c2ccccc2)C2CCOC2)cc1CO. The average molecular weight is 702 g/mol. The number of amides is 1. The first-order valence-electron chi connectivity index (χ1n) is 14.0. The zero-order valence-electron chi connectivity index (χ0n) is 23.0. The number of fused-ring (bicyclic) bond motifs is 1. The Balaban J connectivity index is 1.35. The van der Waals surface area contributed by atoms with Gasteiger partial charge in [-0.25, -0.2) is 0 Å². The fourth-order valence-electron chi connectivity index (χ4n) is 5.71. The molecule has 1 amide bonds. The molecule has 0 aromatic heterocycles. The Hall–Kier alpha value is -1.81. The van der Waals surface area contributed by atoms with E-state index in [1.807, 2.05) is 37.3 Å². The molecule has 12 heteroatoms. The molecule has 10 nitrogen and oxygen atoms in total. The predicted molar refractivity (Wildman–Crippen MR) is 146 cm³/mol. The Morgan fingerprint density at radius 3 is 2.68 bits per heavy atom. The van der Waals surface area contributed by atoms with E-state index >= 15 is 0 Å². The van der Waals surface area contributed by atoms with Gasteiger partial charge < -0.3 is 0 Å². The molecular formula is C29H38IN2O8S-. The first-order chi connectivity index (χ1) is 19.7. The van der Waals surface area contributed by atoms with Crippen molar-refractivity contribution >= 4 is 16.1 Å². The number of alkyl carbamates (subject to hydrolysis) is 1. The molecule has 41 heavy (non-hydrogen) atoms. The molecular weight excluding hydrogens is 663 g/mol. The summed E-state index contributed by atoms with van der Waals surface area (Å²) in [5.41, 5.74) is 1.31. The number of carbonyl (C=O) groups excluding carboxylic acids is 1. The van der Waals surface area contributed by atoms with E-state index in [0.717, 1.165) is 28.6 Å². The predicted octanol–water partition coefficient (Wildman–Crippen LogP) is -0.794. The zero-order chi connectivity index (χ0) is 29.0. The number of rotatable bonds is 11. The van der Waals surface area contributed by atoms with Crippen LogP contribution in [-0.4, -0.2) is 83.8 Å². The van der Waals surface area contributed by atoms with Crippen LogP contribution in [0.4, 0.5) is 4.79 Å². The van der Waals surface area contributed by atoms with Crippen LogP contribution < -0.4 is 26.5 Å². The van der Waals surface area contributed by atoms with Crippen LogP contribution in [0, 0.1) is 16.4 Å². The first-order valence-corrected chi connectivity index (χ1v) is 17.8. The quantitative estimate of drug-likeness (QED) is 0.158. The van der Waals surface area contributed by atoms with E-state index in [4.69, 9.17) is 14.2 Å². The van der Waals surface area contributed by atoms with E-state index < -0.39 is 53.5 Å². The van der Waals surface area contributed by atoms with Crippen molar-refractivity contribution in [3.8, 4) is 0 Å². The standard InChI is InChI=1S/C29H38IN2O8S/c1-19-7-8-25(14-21(19)17-33)41(36,37)32(23-10-11-38-18-23)16-26(34)28(30-22-5-3-2-4-6-22)31-29(35)40-24-13-20-9-12-39-27(20)15-24/h2-8,14,20,23-24,26-28,33-34H,9-13,15-18H2,1H3,(H,31,35)/q-1/t20?,23?,24-,26-,27-,28-/m1/s1. The number of nitrogens with zero attached hydrogens (tertiary/aromatic N) is 1. The van der Waals surface area contributed by atoms with Crippen molar-refractivity contribution in [2.75, 3.05) is 26.4 Å². The van der Waals surface area contributed by atoms with Gasteiger partial charge in [-0.05, 0) is 0 Å². The molecule has 0 bridgehead atoms. The molecule has 0 radical (unpaired) electrons. The van der Waals surface area contributed by atoms with Crippen molar-refractivity contribution in [1.82, 2.24) is 9.62 Å². The number of carbonyl (C=O) groups is 1. The topological polar surface area (TPSA) is 135 Å². The van der Waals surface area contributed by atoms with Gasteiger partial charge in [-0.1, -0.05) is 0 Å². The van der Waals surface area contributed by atoms with Gasteiger partial charge in [0.15, 0.2) is 0 Å². The van der Waals surface area contributed by atoms with Gasteiger partial charge in [0, 0.05) is 0 Å². The van der Waals surface area contributed by atoms with Crippen LogP contribution in [0.2, 0.25) is 0 Å². The summed E-state index contributed by atoms with van der Waals surface area (Å²) in [4.78, 5) is 13.1. The minimum absolute atomic E-state index is 0.0435. The maximum absolute atomic E-state index is 13.9. The van der Waals surface area contributed by atoms with E-state index in [1.54, 1.807) is 6.07 Å². The molecule has 1 aliphatic carbocycles. The average Bonchev–Trinajstić information content (AvgIpc) is 3.71. The number of alkyl halides is 1. The molecule has 2 unspecified atom stereocenters. The molecule has 1 saturated carbocycles. The molecule has 2 aromatic rings. The van der Waals surface area contributed by atoms with E-state index in [-0.39, 0.29) is 36.9 Å². The van der Waals surface area contributed by atoms with E-state index in [1.165, 1.54) is 16.4 Å². The van der Waals surface area contributed by atoms with E-state index in [9.17, 15) is 23.4 Å². The molecule has 2 heterocycles. The van der Waals surface area contributed by atoms with Crippen LogP contribution in [0.1, 0.15) is 36.8 Å². The third-order valence-electron chi connectivity index (χ3n) is 8.03. The van der Waals surface area contributed by atoms with Crippen LogP contribution in [0.15, 0.2) is 53.4 Å². The van der Waals surface area contributed by atoms with Gasteiger partial charge in [0.05, 0.1) is 0 Å². The first kappa shape index (κ1) is 30.6. The minimum atomic E-state index is -4.05. The van der Waals surface area contributed by atoms with Crippen molar-refractivity contribution in [3.63, 3.8) is 0 Å². The van der Waals surface area contributed by atoms with Gasteiger partial charge in [0.1, 0.15) is 0 Å². The molecule has 3 aliphatic rings. The fraction of sp³-hybridized carbons (Fsp3) is 0.552. The van der Waals surface area contributed by atoms with Gasteiger partial charge in [-0.15, -0.1) is 0 Å². The van der Waals surface area contributed by atoms with Crippen LogP contribution >= 0.6 is 0 Å². The van der Waals surface area contributed by atoms with Crippen LogP contribution in [-0.2, 0) is 30.8 Å². The number of aryl methyl sites for hydroxylation is 1. The van der Waals surface area contributed by atoms with Gasteiger partial charge in [-0.2, -0.15) is 0 Å². The van der Waals surface area contributed by atoms with Crippen molar-refractivity contribution in [1.29, 1.82) is 0 Å². The molecule has 2 aliphatic heterocycles. The van der Waals surface area contributed by atoms with Crippen molar-refractivity contribution in [3.05, 3.63) is 63.2 Å². The summed E-state index contributed by atoms with van der Waals surface area (Å²) in [7, 11) is -4.05. The third kappa shape index (κ3) is 7.40. The summed E-state index contributed by atoms with van der Waals surface area (Å²) in [5.74, 6) is 0.409. The number of ether oxygens (including phenoxy) is 3. The van der Waals surface area contributed by atoms with Crippen molar-refractivity contribution in [2.45, 2.75) is 72.5 Å². The van der Waals surface area contributed by atoms with Crippen molar-refractivity contribution in [2.24, 2.45) is 5.92 Å². The third-order valence-corrected chi connectivity index (χ3v) is 13.2. The summed E-state index contributed by atoms with van der Waals surface area (Å²) in [6.45, 7) is 2.68. The number of sulfonamides is 1. The summed E-state index contributed by atoms with van der Waals surface area (Å²) >= 11 is -0.964. The van der Waals surface area contributed by atoms with E-state index in [2.05, 4.69) is 5.32 Å². The van der Waals surface area contributed by atoms with Crippen LogP contribution in [0.5, 0.6) is 0 Å². The Morgan fingerprint density at radius 1 is 1.17 bits per heavy atom.